The first kappa shape index (κ1) is 14.1. The summed E-state index contributed by atoms with van der Waals surface area (Å²) in [7, 11) is -4.08. The number of rotatable bonds is 5. The van der Waals surface area contributed by atoms with Crippen molar-refractivity contribution in [1.82, 2.24) is 0 Å². The predicted molar refractivity (Wildman–Crippen MR) is 59.2 cm³/mol. The van der Waals surface area contributed by atoms with Gasteiger partial charge in [0.25, 0.3) is 0 Å². The highest BCUT2D eigenvalue weighted by Crippen LogP contribution is 2.18. The van der Waals surface area contributed by atoms with Crippen LogP contribution in [0, 0.1) is 5.82 Å². The van der Waals surface area contributed by atoms with E-state index < -0.39 is 44.6 Å². The number of primary amides is 1. The minimum Gasteiger partial charge on any atom is -0.478 e. The summed E-state index contributed by atoms with van der Waals surface area (Å²) in [6.07, 6.45) is -0.459. The second-order valence-corrected chi connectivity index (χ2v) is 5.56. The summed E-state index contributed by atoms with van der Waals surface area (Å²) < 4.78 is 36.7. The summed E-state index contributed by atoms with van der Waals surface area (Å²) in [6.45, 7) is 0. The Morgan fingerprint density at radius 2 is 1.94 bits per heavy atom. The van der Waals surface area contributed by atoms with Crippen molar-refractivity contribution in [2.75, 3.05) is 5.75 Å². The van der Waals surface area contributed by atoms with Gasteiger partial charge in [-0.05, 0) is 18.2 Å². The molecule has 3 N–H and O–H groups in total. The Morgan fingerprint density at radius 1 is 1.33 bits per heavy atom. The van der Waals surface area contributed by atoms with E-state index >= 15 is 0 Å². The van der Waals surface area contributed by atoms with Crippen LogP contribution in [0.1, 0.15) is 16.8 Å². The van der Waals surface area contributed by atoms with Crippen LogP contribution >= 0.6 is 0 Å². The normalized spacial score (nSPS) is 11.2. The lowest BCUT2D eigenvalue weighted by Gasteiger charge is -2.05. The van der Waals surface area contributed by atoms with Crippen LogP contribution in [-0.2, 0) is 14.6 Å². The second-order valence-electron chi connectivity index (χ2n) is 3.49. The average molecular weight is 275 g/mol. The molecule has 1 rings (SSSR count). The van der Waals surface area contributed by atoms with Gasteiger partial charge < -0.3 is 10.8 Å². The molecule has 1 aromatic carbocycles. The maximum Gasteiger partial charge on any atom is 0.335 e. The van der Waals surface area contributed by atoms with E-state index in [1.807, 2.05) is 0 Å². The lowest BCUT2D eigenvalue weighted by atomic mass is 10.2. The number of carbonyl (C=O) groups excluding carboxylic acids is 1. The van der Waals surface area contributed by atoms with E-state index in [-0.39, 0.29) is 5.56 Å². The molecule has 98 valence electrons. The maximum absolute atomic E-state index is 13.4. The number of halogens is 1. The maximum atomic E-state index is 13.4. The number of carboxylic acid groups (broad SMARTS) is 1. The Morgan fingerprint density at radius 3 is 2.44 bits per heavy atom. The van der Waals surface area contributed by atoms with Crippen molar-refractivity contribution in [1.29, 1.82) is 0 Å². The number of amides is 1. The SMILES string of the molecule is NC(=O)CCS(=O)(=O)c1cc(C(=O)O)ccc1F. The monoisotopic (exact) mass is 275 g/mol. The lowest BCUT2D eigenvalue weighted by Crippen LogP contribution is -2.18. The Kier molecular flexibility index (Phi) is 4.02. The van der Waals surface area contributed by atoms with E-state index in [1.165, 1.54) is 0 Å². The summed E-state index contributed by atoms with van der Waals surface area (Å²) in [6, 6.07) is 2.42. The number of carbonyl (C=O) groups is 2. The first-order chi connectivity index (χ1) is 8.24. The number of hydrogen-bond donors (Lipinski definition) is 2. The molecule has 0 aliphatic heterocycles. The highest BCUT2D eigenvalue weighted by molar-refractivity contribution is 7.91. The third-order valence-corrected chi connectivity index (χ3v) is 3.85. The highest BCUT2D eigenvalue weighted by Gasteiger charge is 2.21. The molecule has 1 amide bonds. The largest absolute Gasteiger partial charge is 0.478 e. The van der Waals surface area contributed by atoms with Gasteiger partial charge in [0, 0.05) is 6.42 Å². The van der Waals surface area contributed by atoms with Gasteiger partial charge in [-0.15, -0.1) is 0 Å². The van der Waals surface area contributed by atoms with Gasteiger partial charge >= 0.3 is 5.97 Å². The van der Waals surface area contributed by atoms with Crippen LogP contribution in [0.2, 0.25) is 0 Å². The summed E-state index contributed by atoms with van der Waals surface area (Å²) >= 11 is 0. The van der Waals surface area contributed by atoms with Crippen molar-refractivity contribution < 1.29 is 27.5 Å². The average Bonchev–Trinajstić information content (AvgIpc) is 2.26. The van der Waals surface area contributed by atoms with Gasteiger partial charge in [0.1, 0.15) is 10.7 Å². The zero-order valence-electron chi connectivity index (χ0n) is 9.09. The fourth-order valence-electron chi connectivity index (χ4n) is 1.22. The molecule has 8 heteroatoms. The van der Waals surface area contributed by atoms with Crippen molar-refractivity contribution >= 4 is 21.7 Å². The van der Waals surface area contributed by atoms with E-state index in [1.54, 1.807) is 0 Å². The fourth-order valence-corrected chi connectivity index (χ4v) is 2.58. The fraction of sp³-hybridized carbons (Fsp3) is 0.200. The first-order valence-electron chi connectivity index (χ1n) is 4.78. The van der Waals surface area contributed by atoms with E-state index in [4.69, 9.17) is 10.8 Å². The topological polar surface area (TPSA) is 115 Å². The van der Waals surface area contributed by atoms with E-state index in [0.29, 0.717) is 6.07 Å². The highest BCUT2D eigenvalue weighted by atomic mass is 32.2. The number of sulfone groups is 1. The van der Waals surface area contributed by atoms with Gasteiger partial charge in [-0.25, -0.2) is 17.6 Å². The van der Waals surface area contributed by atoms with Gasteiger partial charge in [-0.1, -0.05) is 0 Å². The third kappa shape index (κ3) is 3.27. The molecule has 0 unspecified atom stereocenters. The van der Waals surface area contributed by atoms with Gasteiger partial charge in [-0.3, -0.25) is 4.79 Å². The van der Waals surface area contributed by atoms with E-state index in [2.05, 4.69) is 0 Å². The molecular weight excluding hydrogens is 265 g/mol. The molecule has 0 atom stereocenters. The molecule has 0 aromatic heterocycles. The summed E-state index contributed by atoms with van der Waals surface area (Å²) in [5.74, 6) is -3.94. The molecular formula is C10H10FNO5S. The second kappa shape index (κ2) is 5.13. The molecule has 0 aliphatic carbocycles. The lowest BCUT2D eigenvalue weighted by molar-refractivity contribution is -0.117. The zero-order chi connectivity index (χ0) is 13.9. The number of aromatic carboxylic acids is 1. The van der Waals surface area contributed by atoms with Crippen molar-refractivity contribution in [2.45, 2.75) is 11.3 Å². The van der Waals surface area contributed by atoms with Crippen molar-refractivity contribution in [3.05, 3.63) is 29.6 Å². The van der Waals surface area contributed by atoms with Gasteiger partial charge in [0.05, 0.1) is 11.3 Å². The summed E-state index contributed by atoms with van der Waals surface area (Å²) in [5, 5.41) is 8.69. The molecule has 0 radical (unpaired) electrons. The Balaban J connectivity index is 3.18. The van der Waals surface area contributed by atoms with E-state index in [9.17, 15) is 22.4 Å². The van der Waals surface area contributed by atoms with Crippen molar-refractivity contribution in [3.8, 4) is 0 Å². The molecule has 18 heavy (non-hydrogen) atoms. The number of nitrogens with two attached hydrogens (primary N) is 1. The van der Waals surface area contributed by atoms with Crippen LogP contribution in [0.5, 0.6) is 0 Å². The zero-order valence-corrected chi connectivity index (χ0v) is 9.91. The van der Waals surface area contributed by atoms with Crippen LogP contribution in [0.3, 0.4) is 0 Å². The van der Waals surface area contributed by atoms with Gasteiger partial charge in [-0.2, -0.15) is 0 Å². The summed E-state index contributed by atoms with van der Waals surface area (Å²) in [4.78, 5) is 20.4. The molecule has 0 aliphatic rings. The van der Waals surface area contributed by atoms with E-state index in [0.717, 1.165) is 12.1 Å². The molecule has 6 nitrogen and oxygen atoms in total. The Bertz CT molecular complexity index is 596. The Hall–Kier alpha value is -1.96. The summed E-state index contributed by atoms with van der Waals surface area (Å²) in [5.41, 5.74) is 4.45. The number of hydrogen-bond acceptors (Lipinski definition) is 4. The molecule has 1 aromatic rings. The quantitative estimate of drug-likeness (QED) is 0.795. The third-order valence-electron chi connectivity index (χ3n) is 2.13. The molecule has 0 saturated carbocycles. The minimum absolute atomic E-state index is 0.353. The van der Waals surface area contributed by atoms with Crippen LogP contribution < -0.4 is 5.73 Å². The minimum atomic E-state index is -4.08. The van der Waals surface area contributed by atoms with Crippen LogP contribution in [0.4, 0.5) is 4.39 Å². The first-order valence-corrected chi connectivity index (χ1v) is 6.43. The van der Waals surface area contributed by atoms with Crippen molar-refractivity contribution in [3.63, 3.8) is 0 Å². The molecule has 0 spiro atoms. The molecule has 0 bridgehead atoms. The molecule has 0 saturated heterocycles. The number of carboxylic acids is 1. The molecule has 0 fully saturated rings. The number of benzene rings is 1. The van der Waals surface area contributed by atoms with Gasteiger partial charge in [0.2, 0.25) is 5.91 Å². The Labute approximate surface area is 102 Å². The van der Waals surface area contributed by atoms with Crippen LogP contribution in [-0.4, -0.2) is 31.2 Å². The van der Waals surface area contributed by atoms with Gasteiger partial charge in [0.15, 0.2) is 9.84 Å². The standard InChI is InChI=1S/C10H10FNO5S/c11-7-2-1-6(10(14)15)5-8(7)18(16,17)4-3-9(12)13/h1-2,5H,3-4H2,(H2,12,13)(H,14,15). The molecule has 0 heterocycles. The van der Waals surface area contributed by atoms with Crippen LogP contribution in [0.15, 0.2) is 23.1 Å². The predicted octanol–water partition coefficient (Wildman–Crippen LogP) is 0.173. The van der Waals surface area contributed by atoms with Crippen LogP contribution in [0.25, 0.3) is 0 Å². The van der Waals surface area contributed by atoms with Crippen molar-refractivity contribution in [2.24, 2.45) is 5.73 Å². The smallest absolute Gasteiger partial charge is 0.335 e.